The van der Waals surface area contributed by atoms with Gasteiger partial charge in [-0.2, -0.15) is 5.10 Å². The van der Waals surface area contributed by atoms with Gasteiger partial charge in [-0.25, -0.2) is 13.2 Å². The van der Waals surface area contributed by atoms with Crippen molar-refractivity contribution in [3.8, 4) is 0 Å². The molecule has 10 heteroatoms. The maximum Gasteiger partial charge on any atom is 0.266 e. The van der Waals surface area contributed by atoms with Gasteiger partial charge in [0.1, 0.15) is 5.82 Å². The molecule has 4 rings (SSSR count). The van der Waals surface area contributed by atoms with Crippen LogP contribution in [-0.2, 0) is 0 Å². The molecule has 0 radical (unpaired) electrons. The van der Waals surface area contributed by atoms with Crippen LogP contribution < -0.4 is 16.2 Å². The fourth-order valence-corrected chi connectivity index (χ4v) is 4.10. The summed E-state index contributed by atoms with van der Waals surface area (Å²) in [7, 11) is 0. The highest BCUT2D eigenvalue weighted by Crippen LogP contribution is 2.31. The summed E-state index contributed by atoms with van der Waals surface area (Å²) in [6, 6.07) is 4.94. The van der Waals surface area contributed by atoms with E-state index in [1.165, 1.54) is 12.1 Å². The van der Waals surface area contributed by atoms with Gasteiger partial charge >= 0.3 is 0 Å². The van der Waals surface area contributed by atoms with Gasteiger partial charge in [-0.1, -0.05) is 18.2 Å². The standard InChI is InChI=1S/C22H24F3N5O.ClH/c1-12(15-4-3-5-16(20(15)23)21(24)25)27-22-18-11-30(14-6-8-26-9-7-14)19(31)10-17(18)13(2)28-29-22;/h3-5,10-12,14,21,26H,6-9H2,1-2H3,(H,27,29);1H/t12-;/m1./s1. The average molecular weight is 468 g/mol. The van der Waals surface area contributed by atoms with Crippen molar-refractivity contribution in [2.24, 2.45) is 0 Å². The number of nitrogens with zero attached hydrogens (tertiary/aromatic N) is 3. The maximum atomic E-state index is 14.6. The van der Waals surface area contributed by atoms with E-state index < -0.39 is 23.8 Å². The number of aromatic nitrogens is 3. The number of benzene rings is 1. The molecule has 1 aliphatic rings. The lowest BCUT2D eigenvalue weighted by molar-refractivity contribution is 0.146. The second-order valence-electron chi connectivity index (χ2n) is 7.88. The van der Waals surface area contributed by atoms with Crippen LogP contribution in [0.2, 0.25) is 0 Å². The van der Waals surface area contributed by atoms with Gasteiger partial charge in [0.25, 0.3) is 12.0 Å². The van der Waals surface area contributed by atoms with E-state index in [0.29, 0.717) is 22.3 Å². The molecule has 1 saturated heterocycles. The first-order valence-electron chi connectivity index (χ1n) is 10.3. The lowest BCUT2D eigenvalue weighted by Crippen LogP contribution is -2.33. The van der Waals surface area contributed by atoms with Gasteiger partial charge < -0.3 is 15.2 Å². The van der Waals surface area contributed by atoms with Crippen molar-refractivity contribution >= 4 is 29.0 Å². The summed E-state index contributed by atoms with van der Waals surface area (Å²) in [5.41, 5.74) is -0.0236. The minimum absolute atomic E-state index is 0. The molecule has 3 aromatic rings. The molecule has 1 aliphatic heterocycles. The largest absolute Gasteiger partial charge is 0.361 e. The van der Waals surface area contributed by atoms with E-state index in [1.54, 1.807) is 30.7 Å². The van der Waals surface area contributed by atoms with Gasteiger partial charge in [-0.15, -0.1) is 17.5 Å². The molecule has 2 aromatic heterocycles. The van der Waals surface area contributed by atoms with Crippen molar-refractivity contribution in [2.45, 2.75) is 45.2 Å². The van der Waals surface area contributed by atoms with Gasteiger partial charge in [-0.05, 0) is 39.8 Å². The third kappa shape index (κ3) is 4.59. The summed E-state index contributed by atoms with van der Waals surface area (Å²) in [6.07, 6.45) is 0.559. The Balaban J connectivity index is 0.00000289. The van der Waals surface area contributed by atoms with Crippen molar-refractivity contribution in [3.63, 3.8) is 0 Å². The van der Waals surface area contributed by atoms with Crippen LogP contribution in [0, 0.1) is 12.7 Å². The third-order valence-corrected chi connectivity index (χ3v) is 5.84. The molecule has 0 saturated carbocycles. The number of halogens is 4. The number of anilines is 1. The zero-order chi connectivity index (χ0) is 22.1. The minimum Gasteiger partial charge on any atom is -0.361 e. The number of alkyl halides is 2. The maximum absolute atomic E-state index is 14.6. The van der Waals surface area contributed by atoms with Crippen LogP contribution in [0.1, 0.15) is 55.1 Å². The summed E-state index contributed by atoms with van der Waals surface area (Å²) >= 11 is 0. The van der Waals surface area contributed by atoms with Gasteiger partial charge in [0.2, 0.25) is 0 Å². The van der Waals surface area contributed by atoms with Crippen molar-refractivity contribution in [3.05, 3.63) is 63.5 Å². The van der Waals surface area contributed by atoms with Gasteiger partial charge in [-0.3, -0.25) is 4.79 Å². The lowest BCUT2D eigenvalue weighted by atomic mass is 10.0. The molecule has 1 atom stereocenters. The SMILES string of the molecule is Cc1nnc(N[C@H](C)c2cccc(C(F)F)c2F)c2cn(C3CCNCC3)c(=O)cc12.Cl. The van der Waals surface area contributed by atoms with Gasteiger partial charge in [0, 0.05) is 34.6 Å². The number of aryl methyl sites for hydroxylation is 1. The number of hydrogen-bond donors (Lipinski definition) is 2. The van der Waals surface area contributed by atoms with Crippen molar-refractivity contribution < 1.29 is 13.2 Å². The van der Waals surface area contributed by atoms with Crippen LogP contribution in [0.3, 0.4) is 0 Å². The van der Waals surface area contributed by atoms with Gasteiger partial charge in [0.15, 0.2) is 5.82 Å². The van der Waals surface area contributed by atoms with E-state index in [4.69, 9.17) is 0 Å². The molecule has 0 aliphatic carbocycles. The topological polar surface area (TPSA) is 71.8 Å². The number of nitrogens with one attached hydrogen (secondary N) is 2. The second-order valence-corrected chi connectivity index (χ2v) is 7.88. The predicted molar refractivity (Wildman–Crippen MR) is 120 cm³/mol. The zero-order valence-electron chi connectivity index (χ0n) is 17.7. The second kappa shape index (κ2) is 9.87. The van der Waals surface area contributed by atoms with E-state index in [2.05, 4.69) is 20.8 Å². The highest BCUT2D eigenvalue weighted by molar-refractivity contribution is 5.92. The zero-order valence-corrected chi connectivity index (χ0v) is 18.6. The van der Waals surface area contributed by atoms with E-state index in [9.17, 15) is 18.0 Å². The monoisotopic (exact) mass is 467 g/mol. The fourth-order valence-electron chi connectivity index (χ4n) is 4.10. The molecule has 3 heterocycles. The predicted octanol–water partition coefficient (Wildman–Crippen LogP) is 4.70. The summed E-state index contributed by atoms with van der Waals surface area (Å²) < 4.78 is 42.5. The first-order chi connectivity index (χ1) is 14.9. The average Bonchev–Trinajstić information content (AvgIpc) is 2.76. The van der Waals surface area contributed by atoms with Crippen molar-refractivity contribution in [2.75, 3.05) is 18.4 Å². The molecule has 1 aromatic carbocycles. The fraction of sp³-hybridized carbons (Fsp3) is 0.409. The van der Waals surface area contributed by atoms with Crippen LogP contribution in [-0.4, -0.2) is 27.9 Å². The minimum atomic E-state index is -2.90. The van der Waals surface area contributed by atoms with E-state index in [-0.39, 0.29) is 29.6 Å². The van der Waals surface area contributed by atoms with Crippen LogP contribution >= 0.6 is 12.4 Å². The number of pyridine rings is 1. The van der Waals surface area contributed by atoms with Crippen molar-refractivity contribution in [1.29, 1.82) is 0 Å². The number of piperidine rings is 1. The third-order valence-electron chi connectivity index (χ3n) is 5.84. The Hall–Kier alpha value is -2.65. The van der Waals surface area contributed by atoms with Crippen LogP contribution in [0.15, 0.2) is 35.3 Å². The molecule has 2 N–H and O–H groups in total. The Morgan fingerprint density at radius 3 is 2.53 bits per heavy atom. The highest BCUT2D eigenvalue weighted by Gasteiger charge is 2.22. The Labute approximate surface area is 189 Å². The summed E-state index contributed by atoms with van der Waals surface area (Å²) in [5.74, 6) is -0.564. The molecular formula is C22H25ClF3N5O. The lowest BCUT2D eigenvalue weighted by Gasteiger charge is -2.25. The molecule has 172 valence electrons. The molecule has 1 fully saturated rings. The number of hydrogen-bond acceptors (Lipinski definition) is 5. The van der Waals surface area contributed by atoms with Crippen molar-refractivity contribution in [1.82, 2.24) is 20.1 Å². The Kier molecular flexibility index (Phi) is 7.40. The first kappa shape index (κ1) is 24.0. The molecule has 0 spiro atoms. The summed E-state index contributed by atoms with van der Waals surface area (Å²) in [5, 5.41) is 16.1. The molecular weight excluding hydrogens is 443 g/mol. The van der Waals surface area contributed by atoms with Crippen LogP contribution in [0.5, 0.6) is 0 Å². The molecule has 6 nitrogen and oxygen atoms in total. The van der Waals surface area contributed by atoms with Gasteiger partial charge in [0.05, 0.1) is 17.3 Å². The van der Waals surface area contributed by atoms with E-state index in [0.717, 1.165) is 32.0 Å². The smallest absolute Gasteiger partial charge is 0.266 e. The molecule has 0 unspecified atom stereocenters. The quantitative estimate of drug-likeness (QED) is 0.569. The molecule has 32 heavy (non-hydrogen) atoms. The van der Waals surface area contributed by atoms with E-state index >= 15 is 0 Å². The van der Waals surface area contributed by atoms with Crippen LogP contribution in [0.4, 0.5) is 19.0 Å². The number of fused-ring (bicyclic) bond motifs is 1. The number of rotatable bonds is 5. The Morgan fingerprint density at radius 2 is 1.84 bits per heavy atom. The van der Waals surface area contributed by atoms with Crippen LogP contribution in [0.25, 0.3) is 10.8 Å². The first-order valence-corrected chi connectivity index (χ1v) is 10.3. The summed E-state index contributed by atoms with van der Waals surface area (Å²) in [4.78, 5) is 12.7. The highest BCUT2D eigenvalue weighted by atomic mass is 35.5. The Bertz CT molecular complexity index is 1160. The molecule has 0 amide bonds. The summed E-state index contributed by atoms with van der Waals surface area (Å²) in [6.45, 7) is 5.11. The normalized spacial score (nSPS) is 15.6. The van der Waals surface area contributed by atoms with E-state index in [1.807, 2.05) is 0 Å². The Morgan fingerprint density at radius 1 is 1.16 bits per heavy atom. The molecule has 0 bridgehead atoms.